The minimum absolute atomic E-state index is 0.000809. The smallest absolute Gasteiger partial charge is 0.234 e. The Morgan fingerprint density at radius 1 is 1.04 bits per heavy atom. The number of anilines is 1. The highest BCUT2D eigenvalue weighted by Gasteiger charge is 2.12. The van der Waals surface area contributed by atoms with E-state index >= 15 is 0 Å². The van der Waals surface area contributed by atoms with Gasteiger partial charge < -0.3 is 5.32 Å². The second-order valence-electron chi connectivity index (χ2n) is 6.36. The molecule has 3 aromatic rings. The fourth-order valence-corrected chi connectivity index (χ4v) is 4.04. The van der Waals surface area contributed by atoms with Crippen molar-refractivity contribution in [3.8, 4) is 0 Å². The van der Waals surface area contributed by atoms with Crippen molar-refractivity contribution >= 4 is 34.1 Å². The Morgan fingerprint density at radius 2 is 1.84 bits per heavy atom. The second kappa shape index (κ2) is 7.28. The molecule has 1 amide bonds. The molecule has 3 nitrogen and oxygen atoms in total. The van der Waals surface area contributed by atoms with Crippen molar-refractivity contribution < 1.29 is 4.79 Å². The second-order valence-corrected chi connectivity index (χ2v) is 7.36. The van der Waals surface area contributed by atoms with Crippen LogP contribution in [0.25, 0.3) is 10.8 Å². The van der Waals surface area contributed by atoms with Crippen LogP contribution in [0.4, 0.5) is 5.69 Å². The van der Waals surface area contributed by atoms with E-state index < -0.39 is 0 Å². The average molecular weight is 348 g/mol. The van der Waals surface area contributed by atoms with Crippen LogP contribution < -0.4 is 5.32 Å². The number of amides is 1. The molecule has 0 saturated heterocycles. The number of benzene rings is 2. The number of aryl methyl sites for hydroxylation is 2. The minimum atomic E-state index is 0.000809. The topological polar surface area (TPSA) is 42.0 Å². The van der Waals surface area contributed by atoms with Gasteiger partial charge in [0, 0.05) is 17.3 Å². The van der Waals surface area contributed by atoms with Gasteiger partial charge in [0.25, 0.3) is 0 Å². The van der Waals surface area contributed by atoms with E-state index in [0.29, 0.717) is 5.75 Å². The summed E-state index contributed by atoms with van der Waals surface area (Å²) in [5.41, 5.74) is 3.64. The fourth-order valence-electron chi connectivity index (χ4n) is 3.33. The number of pyridine rings is 1. The number of nitrogens with one attached hydrogen (secondary N) is 1. The lowest BCUT2D eigenvalue weighted by atomic mass is 9.94. The van der Waals surface area contributed by atoms with Gasteiger partial charge in [-0.25, -0.2) is 4.98 Å². The number of hydrogen-bond acceptors (Lipinski definition) is 3. The molecule has 4 heteroatoms. The monoisotopic (exact) mass is 348 g/mol. The first-order chi connectivity index (χ1) is 12.3. The molecule has 1 heterocycles. The molecule has 0 aliphatic heterocycles. The van der Waals surface area contributed by atoms with Crippen LogP contribution in [0.15, 0.2) is 59.8 Å². The van der Waals surface area contributed by atoms with E-state index in [-0.39, 0.29) is 5.91 Å². The molecule has 0 fully saturated rings. The molecule has 0 unspecified atom stereocenters. The molecule has 0 atom stereocenters. The number of hydrogen-bond donors (Lipinski definition) is 1. The summed E-state index contributed by atoms with van der Waals surface area (Å²) in [6.07, 6.45) is 6.76. The Bertz CT molecular complexity index is 917. The maximum atomic E-state index is 12.4. The molecule has 4 rings (SSSR count). The third-order valence-corrected chi connectivity index (χ3v) is 5.54. The molecule has 1 aliphatic rings. The van der Waals surface area contributed by atoms with Crippen molar-refractivity contribution in [2.24, 2.45) is 0 Å². The number of aromatic nitrogens is 1. The molecular weight excluding hydrogens is 328 g/mol. The lowest BCUT2D eigenvalue weighted by Crippen LogP contribution is -2.14. The quantitative estimate of drug-likeness (QED) is 0.686. The third kappa shape index (κ3) is 3.69. The first-order valence-electron chi connectivity index (χ1n) is 8.68. The number of rotatable bonds is 4. The van der Waals surface area contributed by atoms with Gasteiger partial charge in [0.2, 0.25) is 5.91 Å². The average Bonchev–Trinajstić information content (AvgIpc) is 2.66. The highest BCUT2D eigenvalue weighted by molar-refractivity contribution is 7.99. The van der Waals surface area contributed by atoms with Crippen molar-refractivity contribution in [2.75, 3.05) is 11.1 Å². The third-order valence-electron chi connectivity index (χ3n) is 4.61. The Labute approximate surface area is 151 Å². The normalized spacial score (nSPS) is 13.4. The van der Waals surface area contributed by atoms with Gasteiger partial charge >= 0.3 is 0 Å². The summed E-state index contributed by atoms with van der Waals surface area (Å²) < 4.78 is 0. The number of carbonyl (C=O) groups is 1. The molecule has 0 saturated carbocycles. The zero-order valence-electron chi connectivity index (χ0n) is 14.0. The van der Waals surface area contributed by atoms with Gasteiger partial charge in [-0.05, 0) is 54.3 Å². The Morgan fingerprint density at radius 3 is 2.76 bits per heavy atom. The lowest BCUT2D eigenvalue weighted by Gasteiger charge is -2.15. The van der Waals surface area contributed by atoms with Gasteiger partial charge in [-0.2, -0.15) is 0 Å². The number of nitrogens with zero attached hydrogens (tertiary/aromatic N) is 1. The van der Waals surface area contributed by atoms with Gasteiger partial charge in [0.15, 0.2) is 0 Å². The predicted molar refractivity (Wildman–Crippen MR) is 104 cm³/mol. The predicted octanol–water partition coefficient (Wildman–Crippen LogP) is 4.84. The molecule has 0 bridgehead atoms. The maximum absolute atomic E-state index is 12.4. The van der Waals surface area contributed by atoms with Gasteiger partial charge in [-0.1, -0.05) is 48.2 Å². The minimum Gasteiger partial charge on any atom is -0.325 e. The van der Waals surface area contributed by atoms with Crippen molar-refractivity contribution in [3.05, 3.63) is 65.9 Å². The SMILES string of the molecule is O=C(CSc1cc2c(cn1)CCCC2)Nc1cccc2ccccc12. The Hall–Kier alpha value is -2.33. The number of fused-ring (bicyclic) bond motifs is 2. The Kier molecular flexibility index (Phi) is 4.70. The van der Waals surface area contributed by atoms with Crippen LogP contribution in [-0.2, 0) is 17.6 Å². The number of thioether (sulfide) groups is 1. The number of carbonyl (C=O) groups excluding carboxylic acids is 1. The van der Waals surface area contributed by atoms with E-state index in [0.717, 1.165) is 34.3 Å². The first-order valence-corrected chi connectivity index (χ1v) is 9.66. The summed E-state index contributed by atoms with van der Waals surface area (Å²) in [5.74, 6) is 0.371. The van der Waals surface area contributed by atoms with Crippen LogP contribution in [0.1, 0.15) is 24.0 Å². The zero-order valence-corrected chi connectivity index (χ0v) is 14.8. The zero-order chi connectivity index (χ0) is 17.1. The van der Waals surface area contributed by atoms with Crippen LogP contribution >= 0.6 is 11.8 Å². The van der Waals surface area contributed by atoms with Gasteiger partial charge in [-0.3, -0.25) is 4.79 Å². The van der Waals surface area contributed by atoms with Crippen LogP contribution in [0, 0.1) is 0 Å². The summed E-state index contributed by atoms with van der Waals surface area (Å²) in [4.78, 5) is 16.9. The summed E-state index contributed by atoms with van der Waals surface area (Å²) in [6, 6.07) is 16.2. The molecule has 0 radical (unpaired) electrons. The van der Waals surface area contributed by atoms with Crippen LogP contribution in [0.3, 0.4) is 0 Å². The van der Waals surface area contributed by atoms with Gasteiger partial charge in [0.1, 0.15) is 0 Å². The first kappa shape index (κ1) is 16.2. The van der Waals surface area contributed by atoms with E-state index in [9.17, 15) is 4.79 Å². The van der Waals surface area contributed by atoms with E-state index in [1.54, 1.807) is 0 Å². The maximum Gasteiger partial charge on any atom is 0.234 e. The van der Waals surface area contributed by atoms with Crippen molar-refractivity contribution in [1.29, 1.82) is 0 Å². The molecule has 1 aromatic heterocycles. The fraction of sp³-hybridized carbons (Fsp3) is 0.238. The summed E-state index contributed by atoms with van der Waals surface area (Å²) in [6.45, 7) is 0. The van der Waals surface area contributed by atoms with Crippen LogP contribution in [0.5, 0.6) is 0 Å². The summed E-state index contributed by atoms with van der Waals surface area (Å²) in [7, 11) is 0. The van der Waals surface area contributed by atoms with Crippen LogP contribution in [-0.4, -0.2) is 16.6 Å². The summed E-state index contributed by atoms with van der Waals surface area (Å²) in [5, 5.41) is 6.16. The van der Waals surface area contributed by atoms with Crippen molar-refractivity contribution in [2.45, 2.75) is 30.7 Å². The molecular formula is C21H20N2OS. The highest BCUT2D eigenvalue weighted by atomic mass is 32.2. The largest absolute Gasteiger partial charge is 0.325 e. The molecule has 1 aliphatic carbocycles. The highest BCUT2D eigenvalue weighted by Crippen LogP contribution is 2.26. The van der Waals surface area contributed by atoms with E-state index in [1.807, 2.05) is 36.5 Å². The van der Waals surface area contributed by atoms with Gasteiger partial charge in [-0.15, -0.1) is 0 Å². The standard InChI is InChI=1S/C21H20N2OS/c24-20(23-19-11-5-9-15-6-3-4-10-18(15)19)14-25-21-12-16-7-1-2-8-17(16)13-22-21/h3-6,9-13H,1-2,7-8,14H2,(H,23,24). The van der Waals surface area contributed by atoms with E-state index in [2.05, 4.69) is 28.5 Å². The molecule has 0 spiro atoms. The van der Waals surface area contributed by atoms with Crippen LogP contribution in [0.2, 0.25) is 0 Å². The lowest BCUT2D eigenvalue weighted by molar-refractivity contribution is -0.113. The molecule has 1 N–H and O–H groups in total. The molecule has 126 valence electrons. The van der Waals surface area contributed by atoms with E-state index in [1.165, 1.54) is 35.7 Å². The molecule has 2 aromatic carbocycles. The molecule has 25 heavy (non-hydrogen) atoms. The van der Waals surface area contributed by atoms with Gasteiger partial charge in [0.05, 0.1) is 10.8 Å². The van der Waals surface area contributed by atoms with Crippen molar-refractivity contribution in [1.82, 2.24) is 4.98 Å². The Balaban J connectivity index is 1.42. The van der Waals surface area contributed by atoms with E-state index in [4.69, 9.17) is 0 Å². The van der Waals surface area contributed by atoms with Crippen molar-refractivity contribution in [3.63, 3.8) is 0 Å². The summed E-state index contributed by atoms with van der Waals surface area (Å²) >= 11 is 1.50.